The summed E-state index contributed by atoms with van der Waals surface area (Å²) >= 11 is 0. The molecular weight excluding hydrogens is 795 g/mol. The summed E-state index contributed by atoms with van der Waals surface area (Å²) in [6, 6.07) is 22.9. The van der Waals surface area contributed by atoms with E-state index < -0.39 is 30.5 Å². The van der Waals surface area contributed by atoms with Crippen molar-refractivity contribution in [3.05, 3.63) is 102 Å². The van der Waals surface area contributed by atoms with Gasteiger partial charge in [-0.15, -0.1) is 0 Å². The zero-order chi connectivity index (χ0) is 43.0. The zero-order valence-electron chi connectivity index (χ0n) is 36.9. The Bertz CT molecular complexity index is 2090. The molecule has 0 N–H and O–H groups in total. The number of benzene rings is 3. The highest BCUT2D eigenvalue weighted by molar-refractivity contribution is 7.91. The van der Waals surface area contributed by atoms with E-state index in [1.54, 1.807) is 24.5 Å². The van der Waals surface area contributed by atoms with Gasteiger partial charge in [-0.1, -0.05) is 82.7 Å². The molecule has 326 valence electrons. The fraction of sp³-hybridized carbons (Fsp3) is 0.542. The predicted octanol–water partition coefficient (Wildman–Crippen LogP) is 9.22. The minimum Gasteiger partial charge on any atom is -0.303 e. The van der Waals surface area contributed by atoms with E-state index in [2.05, 4.69) is 72.7 Å². The number of hydrogen-bond donors (Lipinski definition) is 0. The number of piperidine rings is 1. The lowest BCUT2D eigenvalue weighted by Crippen LogP contribution is -2.36. The maximum atomic E-state index is 11.7. The summed E-state index contributed by atoms with van der Waals surface area (Å²) in [5.74, 6) is 1.27. The third-order valence-corrected chi connectivity index (χ3v) is 14.7. The van der Waals surface area contributed by atoms with Crippen LogP contribution < -0.4 is 0 Å². The maximum Gasteiger partial charge on any atom is 0.175 e. The van der Waals surface area contributed by atoms with E-state index in [0.717, 1.165) is 87.9 Å². The molecule has 6 rings (SSSR count). The van der Waals surface area contributed by atoms with Crippen molar-refractivity contribution in [3.8, 4) is 0 Å². The Morgan fingerprint density at radius 2 is 1.17 bits per heavy atom. The molecule has 1 saturated heterocycles. The molecule has 59 heavy (non-hydrogen) atoms. The van der Waals surface area contributed by atoms with Crippen molar-refractivity contribution in [2.75, 3.05) is 77.7 Å². The van der Waals surface area contributed by atoms with E-state index in [9.17, 15) is 21.0 Å². The van der Waals surface area contributed by atoms with Gasteiger partial charge < -0.3 is 4.90 Å². The second-order valence-corrected chi connectivity index (χ2v) is 22.1. The quantitative estimate of drug-likeness (QED) is 0.158. The van der Waals surface area contributed by atoms with Gasteiger partial charge in [-0.3, -0.25) is 14.0 Å². The Labute approximate surface area is 360 Å². The van der Waals surface area contributed by atoms with Gasteiger partial charge in [0.25, 0.3) is 0 Å². The number of likely N-dealkylation sites (tertiary alicyclic amines) is 1. The summed E-state index contributed by atoms with van der Waals surface area (Å²) in [5, 5.41) is 0. The fourth-order valence-electron chi connectivity index (χ4n) is 8.26. The molecule has 3 aliphatic rings. The van der Waals surface area contributed by atoms with Gasteiger partial charge in [0.05, 0.1) is 9.79 Å². The van der Waals surface area contributed by atoms with E-state index in [0.29, 0.717) is 15.7 Å². The van der Waals surface area contributed by atoms with Gasteiger partial charge in [0, 0.05) is 67.2 Å². The van der Waals surface area contributed by atoms with Crippen LogP contribution in [0.3, 0.4) is 0 Å². The first kappa shape index (κ1) is 48.7. The Balaban J connectivity index is 0.000000197. The summed E-state index contributed by atoms with van der Waals surface area (Å²) in [6.45, 7) is 19.0. The predicted molar refractivity (Wildman–Crippen MR) is 249 cm³/mol. The summed E-state index contributed by atoms with van der Waals surface area (Å²) in [5.41, 5.74) is 6.12. The van der Waals surface area contributed by atoms with Crippen molar-refractivity contribution in [2.24, 2.45) is 5.92 Å². The van der Waals surface area contributed by atoms with Crippen LogP contribution in [0.5, 0.6) is 0 Å². The van der Waals surface area contributed by atoms with E-state index >= 15 is 0 Å². The standard InChI is InChI=1S/C18H29NO2S.C15H21NO2S.C15H21NOS/c1-4-6-15(2)14-19-11-9-16(10-12-19)17-7-5-8-18(13-17)22(3,20)21;1-3-9-16-10-7-13(8-11-16)14-5-4-6-15(12-14)19(2,17)18;1-3-9-16-10-7-13(8-11-16)14-5-4-6-15(12-14)18(2)17/h5,7-8,13,15-16H,4,6,9-12,14H2,1-3H3;4-7,12H,3,8-11H2,1-2H3;4-7,12H,3,8-11H2,1-2H3. The third kappa shape index (κ3) is 16.1. The molecule has 0 radical (unpaired) electrons. The zero-order valence-corrected chi connectivity index (χ0v) is 39.3. The summed E-state index contributed by atoms with van der Waals surface area (Å²) in [6.07, 6.45) is 18.1. The SMILES string of the molecule is CCCC(C)CN1CCC(c2cccc(S(C)(=O)=O)c2)CC1.CCCN1CC=C(c2cccc(S(C)(=O)=O)c2)CC1.CCCN1CC=C(c2cccc(S(C)=O)c2)CC1. The number of rotatable bonds is 14. The topological polar surface area (TPSA) is 95.1 Å². The molecular formula is C48H71N3O5S3. The summed E-state index contributed by atoms with van der Waals surface area (Å²) < 4.78 is 58.0. The van der Waals surface area contributed by atoms with Gasteiger partial charge >= 0.3 is 0 Å². The Hall–Kier alpha value is -2.93. The van der Waals surface area contributed by atoms with Crippen molar-refractivity contribution >= 4 is 41.6 Å². The number of hydrogen-bond acceptors (Lipinski definition) is 8. The van der Waals surface area contributed by atoms with Crippen LogP contribution in [0.2, 0.25) is 0 Å². The molecule has 3 aliphatic heterocycles. The molecule has 1 fully saturated rings. The van der Waals surface area contributed by atoms with E-state index in [1.165, 1.54) is 73.6 Å². The normalized spacial score (nSPS) is 18.4. The molecule has 0 amide bonds. The molecule has 2 unspecified atom stereocenters. The van der Waals surface area contributed by atoms with E-state index in [-0.39, 0.29) is 0 Å². The van der Waals surface area contributed by atoms with Gasteiger partial charge in [0.1, 0.15) is 0 Å². The first-order valence-corrected chi connectivity index (χ1v) is 27.0. The largest absolute Gasteiger partial charge is 0.303 e. The van der Waals surface area contributed by atoms with Gasteiger partial charge in [-0.25, -0.2) is 16.8 Å². The van der Waals surface area contributed by atoms with Crippen LogP contribution in [0, 0.1) is 5.92 Å². The molecule has 8 nitrogen and oxygen atoms in total. The van der Waals surface area contributed by atoms with Crippen molar-refractivity contribution in [1.82, 2.24) is 14.7 Å². The molecule has 3 aromatic rings. The number of sulfone groups is 2. The molecule has 0 aromatic heterocycles. The summed E-state index contributed by atoms with van der Waals surface area (Å²) in [7, 11) is -7.12. The second kappa shape index (κ2) is 23.9. The van der Waals surface area contributed by atoms with Crippen LogP contribution in [-0.4, -0.2) is 113 Å². The van der Waals surface area contributed by atoms with Crippen LogP contribution in [0.15, 0.2) is 99.6 Å². The van der Waals surface area contributed by atoms with Crippen LogP contribution in [-0.2, 0) is 30.5 Å². The van der Waals surface area contributed by atoms with Crippen LogP contribution in [0.25, 0.3) is 11.1 Å². The van der Waals surface area contributed by atoms with Crippen molar-refractivity contribution < 1.29 is 21.0 Å². The highest BCUT2D eigenvalue weighted by Crippen LogP contribution is 2.30. The second-order valence-electron chi connectivity index (χ2n) is 16.7. The monoisotopic (exact) mass is 865 g/mol. The highest BCUT2D eigenvalue weighted by atomic mass is 32.2. The van der Waals surface area contributed by atoms with Gasteiger partial charge in [-0.2, -0.15) is 0 Å². The van der Waals surface area contributed by atoms with E-state index in [1.807, 2.05) is 36.4 Å². The smallest absolute Gasteiger partial charge is 0.175 e. The van der Waals surface area contributed by atoms with Crippen molar-refractivity contribution in [2.45, 2.75) is 99.7 Å². The Morgan fingerprint density at radius 3 is 1.64 bits per heavy atom. The molecule has 0 bridgehead atoms. The maximum absolute atomic E-state index is 11.7. The third-order valence-electron chi connectivity index (χ3n) is 11.5. The fourth-order valence-corrected chi connectivity index (χ4v) is 10.2. The van der Waals surface area contributed by atoms with Crippen molar-refractivity contribution in [1.29, 1.82) is 0 Å². The molecule has 2 atom stereocenters. The Morgan fingerprint density at radius 1 is 0.661 bits per heavy atom. The van der Waals surface area contributed by atoms with Crippen LogP contribution in [0.4, 0.5) is 0 Å². The van der Waals surface area contributed by atoms with Gasteiger partial charge in [-0.05, 0) is 147 Å². The van der Waals surface area contributed by atoms with Crippen LogP contribution in [0.1, 0.15) is 102 Å². The van der Waals surface area contributed by atoms with Gasteiger partial charge in [0.2, 0.25) is 0 Å². The van der Waals surface area contributed by atoms with Gasteiger partial charge in [0.15, 0.2) is 19.7 Å². The molecule has 3 heterocycles. The van der Waals surface area contributed by atoms with Crippen LogP contribution >= 0.6 is 0 Å². The van der Waals surface area contributed by atoms with Crippen molar-refractivity contribution in [3.63, 3.8) is 0 Å². The molecule has 0 aliphatic carbocycles. The lowest BCUT2D eigenvalue weighted by Gasteiger charge is -2.33. The summed E-state index contributed by atoms with van der Waals surface area (Å²) in [4.78, 5) is 9.24. The first-order valence-electron chi connectivity index (χ1n) is 21.7. The first-order chi connectivity index (χ1) is 28.1. The lowest BCUT2D eigenvalue weighted by molar-refractivity contribution is 0.183. The average Bonchev–Trinajstić information content (AvgIpc) is 3.22. The number of nitrogens with zero attached hydrogens (tertiary/aromatic N) is 3. The molecule has 3 aromatic carbocycles. The molecule has 0 spiro atoms. The molecule has 11 heteroatoms. The average molecular weight is 866 g/mol. The Kier molecular flexibility index (Phi) is 19.7. The minimum atomic E-state index is -3.12. The highest BCUT2D eigenvalue weighted by Gasteiger charge is 2.23. The lowest BCUT2D eigenvalue weighted by atomic mass is 9.89. The minimum absolute atomic E-state index is 0.405. The molecule has 0 saturated carbocycles. The van der Waals surface area contributed by atoms with E-state index in [4.69, 9.17) is 0 Å².